The summed E-state index contributed by atoms with van der Waals surface area (Å²) in [6.45, 7) is 2.29. The average Bonchev–Trinajstić information content (AvgIpc) is 2.67. The lowest BCUT2D eigenvalue weighted by atomic mass is 10.3. The highest BCUT2D eigenvalue weighted by molar-refractivity contribution is 6.32. The Morgan fingerprint density at radius 3 is 2.84 bits per heavy atom. The van der Waals surface area contributed by atoms with E-state index in [2.05, 4.69) is 15.1 Å². The molecule has 0 N–H and O–H groups in total. The Bertz CT molecular complexity index is 646. The summed E-state index contributed by atoms with van der Waals surface area (Å²) in [4.78, 5) is 2.70. The highest BCUT2D eigenvalue weighted by atomic mass is 35.5. The van der Waals surface area contributed by atoms with Gasteiger partial charge in [-0.2, -0.15) is 5.10 Å². The van der Waals surface area contributed by atoms with E-state index in [1.165, 1.54) is 0 Å². The first-order valence-corrected chi connectivity index (χ1v) is 5.95. The molecule has 98 valence electrons. The normalized spacial score (nSPS) is 10.1. The molecule has 0 aliphatic carbocycles. The van der Waals surface area contributed by atoms with E-state index in [0.29, 0.717) is 23.1 Å². The molecule has 0 fully saturated rings. The van der Waals surface area contributed by atoms with Crippen molar-refractivity contribution in [3.8, 4) is 5.75 Å². The van der Waals surface area contributed by atoms with Crippen LogP contribution in [0.1, 0.15) is 11.4 Å². The van der Waals surface area contributed by atoms with Gasteiger partial charge in [0.2, 0.25) is 0 Å². The third-order valence-electron chi connectivity index (χ3n) is 2.55. The number of aryl methyl sites for hydroxylation is 2. The third kappa shape index (κ3) is 3.19. The van der Waals surface area contributed by atoms with Crippen molar-refractivity contribution in [1.82, 2.24) is 9.78 Å². The molecule has 0 aliphatic rings. The van der Waals surface area contributed by atoms with Gasteiger partial charge in [-0.25, -0.2) is 0 Å². The number of rotatable bonds is 4. The standard InChI is InChI=1S/C12H12ClN5O/c1-8-5-10(18(2)16-8)7-19-12-4-3-9(15-17-14)6-11(12)13/h3-6H,7H2,1-2H3. The van der Waals surface area contributed by atoms with Crippen LogP contribution in [0.5, 0.6) is 5.75 Å². The van der Waals surface area contributed by atoms with E-state index < -0.39 is 0 Å². The SMILES string of the molecule is Cc1cc(COc2ccc(N=[N+]=[N-])cc2Cl)n(C)n1. The number of aromatic nitrogens is 2. The van der Waals surface area contributed by atoms with Crippen molar-refractivity contribution in [2.24, 2.45) is 12.2 Å². The van der Waals surface area contributed by atoms with Crippen LogP contribution in [-0.2, 0) is 13.7 Å². The molecule has 0 saturated heterocycles. The molecule has 1 heterocycles. The zero-order valence-corrected chi connectivity index (χ0v) is 11.3. The minimum absolute atomic E-state index is 0.373. The van der Waals surface area contributed by atoms with Gasteiger partial charge in [0.05, 0.1) is 16.4 Å². The molecule has 0 aliphatic heterocycles. The van der Waals surface area contributed by atoms with Crippen molar-refractivity contribution < 1.29 is 4.74 Å². The molecule has 1 aromatic carbocycles. The largest absolute Gasteiger partial charge is 0.486 e. The maximum absolute atomic E-state index is 8.34. The third-order valence-corrected chi connectivity index (χ3v) is 2.85. The lowest BCUT2D eigenvalue weighted by Crippen LogP contribution is -2.03. The van der Waals surface area contributed by atoms with Gasteiger partial charge in [-0.15, -0.1) is 0 Å². The van der Waals surface area contributed by atoms with Gasteiger partial charge in [0.25, 0.3) is 0 Å². The number of hydrogen-bond donors (Lipinski definition) is 0. The van der Waals surface area contributed by atoms with E-state index in [0.717, 1.165) is 11.4 Å². The molecule has 0 atom stereocenters. The number of benzene rings is 1. The molecule has 19 heavy (non-hydrogen) atoms. The Kier molecular flexibility index (Phi) is 3.94. The smallest absolute Gasteiger partial charge is 0.138 e. The van der Waals surface area contributed by atoms with Crippen LogP contribution in [0.3, 0.4) is 0 Å². The number of nitrogens with zero attached hydrogens (tertiary/aromatic N) is 5. The minimum Gasteiger partial charge on any atom is -0.486 e. The molecular weight excluding hydrogens is 266 g/mol. The molecule has 1 aromatic heterocycles. The maximum Gasteiger partial charge on any atom is 0.138 e. The van der Waals surface area contributed by atoms with E-state index in [9.17, 15) is 0 Å². The van der Waals surface area contributed by atoms with Gasteiger partial charge in [-0.3, -0.25) is 4.68 Å². The summed E-state index contributed by atoms with van der Waals surface area (Å²) in [6.07, 6.45) is 0. The van der Waals surface area contributed by atoms with Crippen LogP contribution < -0.4 is 4.74 Å². The summed E-state index contributed by atoms with van der Waals surface area (Å²) < 4.78 is 7.38. The highest BCUT2D eigenvalue weighted by Crippen LogP contribution is 2.29. The summed E-state index contributed by atoms with van der Waals surface area (Å²) in [6, 6.07) is 6.83. The van der Waals surface area contributed by atoms with Crippen molar-refractivity contribution >= 4 is 17.3 Å². The molecule has 0 amide bonds. The van der Waals surface area contributed by atoms with Crippen LogP contribution in [0.25, 0.3) is 10.4 Å². The summed E-state index contributed by atoms with van der Waals surface area (Å²) in [7, 11) is 1.86. The molecular formula is C12H12ClN5O. The van der Waals surface area contributed by atoms with E-state index in [1.54, 1.807) is 22.9 Å². The fourth-order valence-corrected chi connectivity index (χ4v) is 1.90. The molecule has 7 heteroatoms. The second-order valence-electron chi connectivity index (χ2n) is 3.99. The summed E-state index contributed by atoms with van der Waals surface area (Å²) in [5, 5.41) is 8.11. The van der Waals surface area contributed by atoms with Crippen molar-refractivity contribution in [3.63, 3.8) is 0 Å². The molecule has 6 nitrogen and oxygen atoms in total. The van der Waals surface area contributed by atoms with Crippen LogP contribution in [0, 0.1) is 6.92 Å². The zero-order chi connectivity index (χ0) is 13.8. The molecule has 2 rings (SSSR count). The van der Waals surface area contributed by atoms with Gasteiger partial charge >= 0.3 is 0 Å². The number of azide groups is 1. The summed E-state index contributed by atoms with van der Waals surface area (Å²) in [5.41, 5.74) is 10.7. The zero-order valence-electron chi connectivity index (χ0n) is 10.5. The topological polar surface area (TPSA) is 75.8 Å². The van der Waals surface area contributed by atoms with Gasteiger partial charge in [0.15, 0.2) is 0 Å². The van der Waals surface area contributed by atoms with Gasteiger partial charge in [0.1, 0.15) is 12.4 Å². The Morgan fingerprint density at radius 2 is 2.26 bits per heavy atom. The predicted molar refractivity (Wildman–Crippen MR) is 72.5 cm³/mol. The fraction of sp³-hybridized carbons (Fsp3) is 0.250. The highest BCUT2D eigenvalue weighted by Gasteiger charge is 2.06. The molecule has 2 aromatic rings. The quantitative estimate of drug-likeness (QED) is 0.483. The minimum atomic E-state index is 0.373. The van der Waals surface area contributed by atoms with Crippen molar-refractivity contribution in [3.05, 3.63) is 51.1 Å². The number of hydrogen-bond acceptors (Lipinski definition) is 3. The monoisotopic (exact) mass is 277 g/mol. The lowest BCUT2D eigenvalue weighted by molar-refractivity contribution is 0.295. The van der Waals surface area contributed by atoms with E-state index in [4.69, 9.17) is 21.9 Å². The lowest BCUT2D eigenvalue weighted by Gasteiger charge is -2.08. The number of halogens is 1. The van der Waals surface area contributed by atoms with Crippen LogP contribution >= 0.6 is 11.6 Å². The molecule has 0 unspecified atom stereocenters. The first kappa shape index (κ1) is 13.3. The van der Waals surface area contributed by atoms with E-state index in [1.807, 2.05) is 20.0 Å². The molecule has 0 spiro atoms. The molecule has 0 radical (unpaired) electrons. The fourth-order valence-electron chi connectivity index (χ4n) is 1.67. The van der Waals surface area contributed by atoms with Gasteiger partial charge in [-0.1, -0.05) is 16.7 Å². The first-order valence-electron chi connectivity index (χ1n) is 5.57. The second-order valence-corrected chi connectivity index (χ2v) is 4.40. The van der Waals surface area contributed by atoms with Crippen LogP contribution in [0.15, 0.2) is 29.4 Å². The summed E-state index contributed by atoms with van der Waals surface area (Å²) in [5.74, 6) is 0.539. The summed E-state index contributed by atoms with van der Waals surface area (Å²) >= 11 is 6.05. The van der Waals surface area contributed by atoms with Crippen molar-refractivity contribution in [2.45, 2.75) is 13.5 Å². The molecule has 0 saturated carbocycles. The maximum atomic E-state index is 8.34. The second kappa shape index (κ2) is 5.65. The predicted octanol–water partition coefficient (Wildman–Crippen LogP) is 3.90. The number of ether oxygens (including phenoxy) is 1. The van der Waals surface area contributed by atoms with E-state index >= 15 is 0 Å². The Morgan fingerprint density at radius 1 is 1.47 bits per heavy atom. The van der Waals surface area contributed by atoms with Gasteiger partial charge < -0.3 is 4.74 Å². The first-order chi connectivity index (χ1) is 9.10. The van der Waals surface area contributed by atoms with Crippen molar-refractivity contribution in [1.29, 1.82) is 0 Å². The van der Waals surface area contributed by atoms with E-state index in [-0.39, 0.29) is 0 Å². The van der Waals surface area contributed by atoms with Gasteiger partial charge in [-0.05, 0) is 36.7 Å². The van der Waals surface area contributed by atoms with Gasteiger partial charge in [0, 0.05) is 17.6 Å². The van der Waals surface area contributed by atoms with Crippen LogP contribution in [0.4, 0.5) is 5.69 Å². The Balaban J connectivity index is 2.11. The van der Waals surface area contributed by atoms with Crippen LogP contribution in [-0.4, -0.2) is 9.78 Å². The average molecular weight is 278 g/mol. The molecule has 0 bridgehead atoms. The van der Waals surface area contributed by atoms with Crippen LogP contribution in [0.2, 0.25) is 5.02 Å². The van der Waals surface area contributed by atoms with Crippen molar-refractivity contribution in [2.75, 3.05) is 0 Å². The Hall–Kier alpha value is -2.17. The Labute approximate surface area is 115 Å².